The lowest BCUT2D eigenvalue weighted by Gasteiger charge is -2.06. The minimum atomic E-state index is -0.00620. The van der Waals surface area contributed by atoms with Crippen LogP contribution in [0.2, 0.25) is 0 Å². The average Bonchev–Trinajstić information content (AvgIpc) is 3.39. The maximum atomic E-state index is 10.6. The summed E-state index contributed by atoms with van der Waals surface area (Å²) in [5.41, 5.74) is 15.8. The van der Waals surface area contributed by atoms with E-state index in [1.165, 1.54) is 12.1 Å². The molecule has 0 saturated heterocycles. The summed E-state index contributed by atoms with van der Waals surface area (Å²) in [5.74, 6) is 1.56. The van der Waals surface area contributed by atoms with Crippen LogP contribution < -0.4 is 11.5 Å². The van der Waals surface area contributed by atoms with Gasteiger partial charge in [-0.3, -0.25) is 0 Å². The lowest BCUT2D eigenvalue weighted by molar-refractivity contribution is 0.471. The first kappa shape index (κ1) is 23.4. The van der Waals surface area contributed by atoms with Crippen molar-refractivity contribution in [2.75, 3.05) is 0 Å². The fourth-order valence-electron chi connectivity index (χ4n) is 3.85. The van der Waals surface area contributed by atoms with Gasteiger partial charge in [0.1, 0.15) is 34.7 Å². The van der Waals surface area contributed by atoms with Gasteiger partial charge in [-0.05, 0) is 36.4 Å². The van der Waals surface area contributed by atoms with Crippen LogP contribution in [0.3, 0.4) is 0 Å². The second-order valence-corrected chi connectivity index (χ2v) is 8.29. The van der Waals surface area contributed by atoms with E-state index in [0.29, 0.717) is 45.7 Å². The first-order valence-electron chi connectivity index (χ1n) is 11.5. The third-order valence-corrected chi connectivity index (χ3v) is 5.74. The van der Waals surface area contributed by atoms with Gasteiger partial charge in [-0.2, -0.15) is 0 Å². The Morgan fingerprint density at radius 3 is 1.32 bits per heavy atom. The molecule has 5 aromatic rings. The molecule has 0 spiro atoms. The molecule has 0 radical (unpaired) electrons. The fourth-order valence-corrected chi connectivity index (χ4v) is 3.85. The first-order chi connectivity index (χ1) is 18.0. The number of nitrogens with two attached hydrogens (primary N) is 2. The Morgan fingerprint density at radius 1 is 0.541 bits per heavy atom. The highest BCUT2D eigenvalue weighted by Crippen LogP contribution is 2.39. The van der Waals surface area contributed by atoms with E-state index in [1.54, 1.807) is 36.4 Å². The van der Waals surface area contributed by atoms with Crippen LogP contribution in [-0.2, 0) is 0 Å². The number of aliphatic imine (C=N–C) groups is 2. The highest BCUT2D eigenvalue weighted by molar-refractivity contribution is 5.99. The molecule has 0 atom stereocenters. The van der Waals surface area contributed by atoms with Crippen LogP contribution >= 0.6 is 0 Å². The van der Waals surface area contributed by atoms with Gasteiger partial charge in [-0.1, -0.05) is 60.7 Å². The Hall–Kier alpha value is -5.30. The number of hydrogen-bond acceptors (Lipinski definition) is 5. The van der Waals surface area contributed by atoms with Crippen LogP contribution in [0.1, 0.15) is 11.1 Å². The van der Waals surface area contributed by atoms with Gasteiger partial charge in [0, 0.05) is 23.3 Å². The standard InChI is InChI=1S/C30H24N4O3/c31-29(19-7-3-1-4-8-19)33-21-11-13-23(25(35)17-21)27-15-16-28(37-27)24-14-12-22(18-26(24)36)34-30(32)20-9-5-2-6-10-20/h1-18,35-36H,(H2,31,33)(H2,32,34). The van der Waals surface area contributed by atoms with Crippen molar-refractivity contribution in [3.05, 3.63) is 120 Å². The minimum Gasteiger partial charge on any atom is -0.507 e. The molecule has 0 unspecified atom stereocenters. The number of nitrogens with zero attached hydrogens (tertiary/aromatic N) is 2. The van der Waals surface area contributed by atoms with E-state index < -0.39 is 0 Å². The van der Waals surface area contributed by atoms with Crippen LogP contribution in [0.25, 0.3) is 22.6 Å². The number of furan rings is 1. The lowest BCUT2D eigenvalue weighted by Crippen LogP contribution is -2.12. The van der Waals surface area contributed by atoms with E-state index in [0.717, 1.165) is 11.1 Å². The second-order valence-electron chi connectivity index (χ2n) is 8.29. The maximum absolute atomic E-state index is 10.6. The van der Waals surface area contributed by atoms with Crippen molar-refractivity contribution < 1.29 is 14.6 Å². The molecule has 0 aliphatic carbocycles. The molecular formula is C30H24N4O3. The number of rotatable bonds is 6. The molecule has 1 aromatic heterocycles. The Labute approximate surface area is 213 Å². The summed E-state index contributed by atoms with van der Waals surface area (Å²) in [5, 5.41) is 21.3. The first-order valence-corrected chi connectivity index (χ1v) is 11.5. The Kier molecular flexibility index (Phi) is 6.42. The molecule has 6 N–H and O–H groups in total. The van der Waals surface area contributed by atoms with Crippen molar-refractivity contribution in [1.29, 1.82) is 0 Å². The highest BCUT2D eigenvalue weighted by Gasteiger charge is 2.14. The smallest absolute Gasteiger partial charge is 0.138 e. The zero-order valence-corrected chi connectivity index (χ0v) is 19.7. The summed E-state index contributed by atoms with van der Waals surface area (Å²) in [6.45, 7) is 0. The summed E-state index contributed by atoms with van der Waals surface area (Å²) in [6, 6.07) is 32.2. The third-order valence-electron chi connectivity index (χ3n) is 5.74. The normalized spacial score (nSPS) is 12.0. The topological polar surface area (TPSA) is 130 Å². The van der Waals surface area contributed by atoms with Crippen LogP contribution in [0, 0.1) is 0 Å². The van der Waals surface area contributed by atoms with Crippen LogP contribution in [-0.4, -0.2) is 21.9 Å². The zero-order valence-electron chi connectivity index (χ0n) is 19.7. The molecule has 1 heterocycles. The van der Waals surface area contributed by atoms with E-state index in [1.807, 2.05) is 60.7 Å². The van der Waals surface area contributed by atoms with Gasteiger partial charge >= 0.3 is 0 Å². The summed E-state index contributed by atoms with van der Waals surface area (Å²) >= 11 is 0. The molecule has 0 saturated carbocycles. The van der Waals surface area contributed by atoms with Gasteiger partial charge in [0.2, 0.25) is 0 Å². The molecule has 7 nitrogen and oxygen atoms in total. The third kappa shape index (κ3) is 5.21. The van der Waals surface area contributed by atoms with Crippen molar-refractivity contribution in [3.63, 3.8) is 0 Å². The van der Waals surface area contributed by atoms with Crippen molar-refractivity contribution >= 4 is 23.0 Å². The molecular weight excluding hydrogens is 464 g/mol. The monoisotopic (exact) mass is 488 g/mol. The molecule has 4 aromatic carbocycles. The number of phenols is 2. The number of phenolic OH excluding ortho intramolecular Hbond substituents is 2. The van der Waals surface area contributed by atoms with Crippen LogP contribution in [0.4, 0.5) is 11.4 Å². The second kappa shape index (κ2) is 10.1. The van der Waals surface area contributed by atoms with E-state index in [9.17, 15) is 10.2 Å². The van der Waals surface area contributed by atoms with E-state index in [2.05, 4.69) is 9.98 Å². The van der Waals surface area contributed by atoms with Crippen LogP contribution in [0.15, 0.2) is 124 Å². The molecule has 0 aliphatic rings. The van der Waals surface area contributed by atoms with Crippen molar-refractivity contribution in [1.82, 2.24) is 0 Å². The summed E-state index contributed by atoms with van der Waals surface area (Å²) in [4.78, 5) is 8.78. The Balaban J connectivity index is 1.37. The summed E-state index contributed by atoms with van der Waals surface area (Å²) in [7, 11) is 0. The van der Waals surface area contributed by atoms with Gasteiger partial charge < -0.3 is 26.1 Å². The fraction of sp³-hybridized carbons (Fsp3) is 0. The highest BCUT2D eigenvalue weighted by atomic mass is 16.3. The van der Waals surface area contributed by atoms with Gasteiger partial charge in [0.05, 0.1) is 22.5 Å². The van der Waals surface area contributed by atoms with E-state index >= 15 is 0 Å². The number of amidine groups is 2. The van der Waals surface area contributed by atoms with Gasteiger partial charge in [0.25, 0.3) is 0 Å². The summed E-state index contributed by atoms with van der Waals surface area (Å²) in [6.07, 6.45) is 0. The number of benzene rings is 4. The average molecular weight is 489 g/mol. The van der Waals surface area contributed by atoms with E-state index in [-0.39, 0.29) is 11.5 Å². The predicted molar refractivity (Wildman–Crippen MR) is 147 cm³/mol. The Bertz CT molecular complexity index is 1490. The van der Waals surface area contributed by atoms with Crippen molar-refractivity contribution in [2.24, 2.45) is 21.5 Å². The molecule has 0 aliphatic heterocycles. The predicted octanol–water partition coefficient (Wildman–Crippen LogP) is 6.10. The molecule has 7 heteroatoms. The number of aromatic hydroxyl groups is 2. The van der Waals surface area contributed by atoms with Crippen molar-refractivity contribution in [2.45, 2.75) is 0 Å². The SMILES string of the molecule is NC(=Nc1ccc(-c2ccc(-c3ccc(N=C(N)c4ccccc4)cc3O)o2)c(O)c1)c1ccccc1. The molecule has 37 heavy (non-hydrogen) atoms. The summed E-state index contributed by atoms with van der Waals surface area (Å²) < 4.78 is 5.96. The quantitative estimate of drug-likeness (QED) is 0.169. The molecule has 182 valence electrons. The van der Waals surface area contributed by atoms with Crippen molar-refractivity contribution in [3.8, 4) is 34.1 Å². The molecule has 0 bridgehead atoms. The minimum absolute atomic E-state index is 0.00620. The van der Waals surface area contributed by atoms with Gasteiger partial charge in [-0.15, -0.1) is 0 Å². The van der Waals surface area contributed by atoms with Crippen LogP contribution in [0.5, 0.6) is 11.5 Å². The molecule has 0 fully saturated rings. The van der Waals surface area contributed by atoms with Gasteiger partial charge in [-0.25, -0.2) is 9.98 Å². The molecule has 0 amide bonds. The molecule has 5 rings (SSSR count). The van der Waals surface area contributed by atoms with E-state index in [4.69, 9.17) is 15.9 Å². The Morgan fingerprint density at radius 2 is 0.946 bits per heavy atom. The van der Waals surface area contributed by atoms with Gasteiger partial charge in [0.15, 0.2) is 0 Å². The lowest BCUT2D eigenvalue weighted by atomic mass is 10.1. The zero-order chi connectivity index (χ0) is 25.8. The number of hydrogen-bond donors (Lipinski definition) is 4. The maximum Gasteiger partial charge on any atom is 0.138 e. The largest absolute Gasteiger partial charge is 0.507 e.